The molecule has 1 aliphatic heterocycles. The van der Waals surface area contributed by atoms with E-state index in [0.29, 0.717) is 12.0 Å². The van der Waals surface area contributed by atoms with E-state index < -0.39 is 0 Å². The number of morpholine rings is 1. The lowest BCUT2D eigenvalue weighted by Gasteiger charge is -2.24. The van der Waals surface area contributed by atoms with Gasteiger partial charge >= 0.3 is 0 Å². The van der Waals surface area contributed by atoms with Gasteiger partial charge < -0.3 is 14.8 Å². The molecule has 0 bridgehead atoms. The SMILES string of the molecule is COc1cc(C(C)C)ccc1CC1COCCN1. The Balaban J connectivity index is 2.11. The summed E-state index contributed by atoms with van der Waals surface area (Å²) >= 11 is 0. The molecule has 1 N–H and O–H groups in total. The fourth-order valence-electron chi connectivity index (χ4n) is 2.31. The van der Waals surface area contributed by atoms with Crippen LogP contribution in [0.5, 0.6) is 5.75 Å². The van der Waals surface area contributed by atoms with Crippen molar-refractivity contribution >= 4 is 0 Å². The molecular weight excluding hydrogens is 226 g/mol. The second-order valence-electron chi connectivity index (χ2n) is 5.16. The lowest BCUT2D eigenvalue weighted by atomic mass is 9.98. The molecular formula is C15H23NO2. The van der Waals surface area contributed by atoms with E-state index in [0.717, 1.165) is 31.9 Å². The highest BCUT2D eigenvalue weighted by Gasteiger charge is 2.16. The average molecular weight is 249 g/mol. The molecule has 1 fully saturated rings. The predicted molar refractivity (Wildman–Crippen MR) is 73.4 cm³/mol. The summed E-state index contributed by atoms with van der Waals surface area (Å²) in [4.78, 5) is 0. The molecule has 3 heteroatoms. The minimum Gasteiger partial charge on any atom is -0.496 e. The first-order valence-electron chi connectivity index (χ1n) is 6.68. The molecule has 100 valence electrons. The number of rotatable bonds is 4. The highest BCUT2D eigenvalue weighted by molar-refractivity contribution is 5.39. The molecule has 0 amide bonds. The first-order valence-corrected chi connectivity index (χ1v) is 6.68. The number of benzene rings is 1. The van der Waals surface area contributed by atoms with Gasteiger partial charge in [0.25, 0.3) is 0 Å². The second kappa shape index (κ2) is 6.21. The van der Waals surface area contributed by atoms with E-state index in [1.807, 2.05) is 0 Å². The van der Waals surface area contributed by atoms with E-state index in [-0.39, 0.29) is 0 Å². The van der Waals surface area contributed by atoms with Crippen LogP contribution in [0.1, 0.15) is 30.9 Å². The van der Waals surface area contributed by atoms with Crippen molar-refractivity contribution in [3.8, 4) is 5.75 Å². The Morgan fingerprint density at radius 3 is 2.89 bits per heavy atom. The number of nitrogens with one attached hydrogen (secondary N) is 1. The van der Waals surface area contributed by atoms with Gasteiger partial charge in [-0.15, -0.1) is 0 Å². The van der Waals surface area contributed by atoms with Gasteiger partial charge in [-0.1, -0.05) is 26.0 Å². The third kappa shape index (κ3) is 3.24. The summed E-state index contributed by atoms with van der Waals surface area (Å²) in [5.41, 5.74) is 2.58. The van der Waals surface area contributed by atoms with Crippen molar-refractivity contribution in [2.75, 3.05) is 26.9 Å². The summed E-state index contributed by atoms with van der Waals surface area (Å²) in [6.45, 7) is 6.95. The van der Waals surface area contributed by atoms with Crippen molar-refractivity contribution < 1.29 is 9.47 Å². The number of methoxy groups -OCH3 is 1. The van der Waals surface area contributed by atoms with Gasteiger partial charge in [0.15, 0.2) is 0 Å². The van der Waals surface area contributed by atoms with Crippen molar-refractivity contribution in [3.05, 3.63) is 29.3 Å². The summed E-state index contributed by atoms with van der Waals surface area (Å²) in [6, 6.07) is 6.94. The molecule has 0 saturated carbocycles. The molecule has 1 saturated heterocycles. The molecule has 1 aliphatic rings. The number of hydrogen-bond acceptors (Lipinski definition) is 3. The fraction of sp³-hybridized carbons (Fsp3) is 0.600. The normalized spacial score (nSPS) is 20.1. The smallest absolute Gasteiger partial charge is 0.122 e. The Bertz CT molecular complexity index is 384. The van der Waals surface area contributed by atoms with Crippen molar-refractivity contribution in [2.24, 2.45) is 0 Å². The van der Waals surface area contributed by atoms with Gasteiger partial charge in [-0.2, -0.15) is 0 Å². The molecule has 3 nitrogen and oxygen atoms in total. The Morgan fingerprint density at radius 1 is 1.44 bits per heavy atom. The van der Waals surface area contributed by atoms with Crippen LogP contribution in [0.25, 0.3) is 0 Å². The van der Waals surface area contributed by atoms with E-state index in [9.17, 15) is 0 Å². The van der Waals surface area contributed by atoms with E-state index in [1.54, 1.807) is 7.11 Å². The molecule has 0 aromatic heterocycles. The first-order chi connectivity index (χ1) is 8.70. The third-order valence-corrected chi connectivity index (χ3v) is 3.44. The van der Waals surface area contributed by atoms with Crippen LogP contribution in [0.4, 0.5) is 0 Å². The minimum atomic E-state index is 0.401. The van der Waals surface area contributed by atoms with Crippen molar-refractivity contribution in [2.45, 2.75) is 32.2 Å². The monoisotopic (exact) mass is 249 g/mol. The Kier molecular flexibility index (Phi) is 4.61. The zero-order chi connectivity index (χ0) is 13.0. The van der Waals surface area contributed by atoms with Gasteiger partial charge in [-0.25, -0.2) is 0 Å². The molecule has 0 radical (unpaired) electrons. The van der Waals surface area contributed by atoms with E-state index in [4.69, 9.17) is 9.47 Å². The van der Waals surface area contributed by atoms with E-state index >= 15 is 0 Å². The molecule has 18 heavy (non-hydrogen) atoms. The molecule has 2 rings (SSSR count). The highest BCUT2D eigenvalue weighted by atomic mass is 16.5. The van der Waals surface area contributed by atoms with Gasteiger partial charge in [0.1, 0.15) is 5.75 Å². The maximum absolute atomic E-state index is 5.51. The zero-order valence-electron chi connectivity index (χ0n) is 11.5. The van der Waals surface area contributed by atoms with Crippen LogP contribution < -0.4 is 10.1 Å². The van der Waals surface area contributed by atoms with Crippen molar-refractivity contribution in [1.82, 2.24) is 5.32 Å². The maximum Gasteiger partial charge on any atom is 0.122 e. The lowest BCUT2D eigenvalue weighted by molar-refractivity contribution is 0.0768. The average Bonchev–Trinajstić information content (AvgIpc) is 2.40. The molecule has 0 aliphatic carbocycles. The molecule has 0 spiro atoms. The predicted octanol–water partition coefficient (Wildman–Crippen LogP) is 2.35. The number of hydrogen-bond donors (Lipinski definition) is 1. The maximum atomic E-state index is 5.51. The van der Waals surface area contributed by atoms with Crippen LogP contribution >= 0.6 is 0 Å². The first kappa shape index (κ1) is 13.4. The largest absolute Gasteiger partial charge is 0.496 e. The zero-order valence-corrected chi connectivity index (χ0v) is 11.5. The van der Waals surface area contributed by atoms with Crippen LogP contribution in [0.15, 0.2) is 18.2 Å². The van der Waals surface area contributed by atoms with E-state index in [1.165, 1.54) is 11.1 Å². The summed E-state index contributed by atoms with van der Waals surface area (Å²) in [6.07, 6.45) is 0.960. The van der Waals surface area contributed by atoms with Gasteiger partial charge in [0, 0.05) is 12.6 Å². The summed E-state index contributed by atoms with van der Waals surface area (Å²) in [5.74, 6) is 1.53. The summed E-state index contributed by atoms with van der Waals surface area (Å²) in [7, 11) is 1.74. The van der Waals surface area contributed by atoms with Crippen molar-refractivity contribution in [1.29, 1.82) is 0 Å². The van der Waals surface area contributed by atoms with Gasteiger partial charge in [0.05, 0.1) is 20.3 Å². The van der Waals surface area contributed by atoms with Crippen LogP contribution in [-0.2, 0) is 11.2 Å². The Labute approximate surface area is 109 Å². The molecule has 1 atom stereocenters. The summed E-state index contributed by atoms with van der Waals surface area (Å²) < 4.78 is 11.0. The van der Waals surface area contributed by atoms with Crippen molar-refractivity contribution in [3.63, 3.8) is 0 Å². The highest BCUT2D eigenvalue weighted by Crippen LogP contribution is 2.25. The Morgan fingerprint density at radius 2 is 2.28 bits per heavy atom. The van der Waals surface area contributed by atoms with Gasteiger partial charge in [-0.05, 0) is 29.5 Å². The van der Waals surface area contributed by atoms with Crippen LogP contribution in [-0.4, -0.2) is 32.9 Å². The summed E-state index contributed by atoms with van der Waals surface area (Å²) in [5, 5.41) is 3.48. The Hall–Kier alpha value is -1.06. The molecule has 1 unspecified atom stereocenters. The topological polar surface area (TPSA) is 30.5 Å². The molecule has 1 aromatic rings. The molecule has 1 aromatic carbocycles. The number of ether oxygens (including phenoxy) is 2. The van der Waals surface area contributed by atoms with Crippen LogP contribution in [0, 0.1) is 0 Å². The van der Waals surface area contributed by atoms with Crippen LogP contribution in [0.3, 0.4) is 0 Å². The quantitative estimate of drug-likeness (QED) is 0.888. The van der Waals surface area contributed by atoms with Gasteiger partial charge in [0.2, 0.25) is 0 Å². The minimum absolute atomic E-state index is 0.401. The standard InChI is InChI=1S/C15H23NO2/c1-11(2)12-4-5-13(15(9-12)17-3)8-14-10-18-7-6-16-14/h4-5,9,11,14,16H,6-8,10H2,1-3H3. The van der Waals surface area contributed by atoms with E-state index in [2.05, 4.69) is 37.4 Å². The fourth-order valence-corrected chi connectivity index (χ4v) is 2.31. The second-order valence-corrected chi connectivity index (χ2v) is 5.16. The molecule has 1 heterocycles. The van der Waals surface area contributed by atoms with Crippen LogP contribution in [0.2, 0.25) is 0 Å². The third-order valence-electron chi connectivity index (χ3n) is 3.44. The lowest BCUT2D eigenvalue weighted by Crippen LogP contribution is -2.42. The van der Waals surface area contributed by atoms with Gasteiger partial charge in [-0.3, -0.25) is 0 Å².